The van der Waals surface area contributed by atoms with Crippen LogP contribution in [0.3, 0.4) is 0 Å². The van der Waals surface area contributed by atoms with Crippen LogP contribution in [-0.2, 0) is 11.2 Å². The molecule has 1 fully saturated rings. The molecule has 2 heterocycles. The Balaban J connectivity index is 1.75. The van der Waals surface area contributed by atoms with E-state index in [-0.39, 0.29) is 0 Å². The molecule has 0 N–H and O–H groups in total. The Morgan fingerprint density at radius 2 is 1.72 bits per heavy atom. The summed E-state index contributed by atoms with van der Waals surface area (Å²) in [6, 6.07) is 17.0. The van der Waals surface area contributed by atoms with Gasteiger partial charge in [-0.15, -0.1) is 0 Å². The molecule has 3 nitrogen and oxygen atoms in total. The van der Waals surface area contributed by atoms with Gasteiger partial charge in [0, 0.05) is 36.3 Å². The van der Waals surface area contributed by atoms with Crippen LogP contribution in [0.4, 0.5) is 5.69 Å². The monoisotopic (exact) mass is 330 g/mol. The number of carbonyl (C=O) groups excluding carboxylic acids is 1. The predicted molar refractivity (Wildman–Crippen MR) is 103 cm³/mol. The largest absolute Gasteiger partial charge is 0.371 e. The highest BCUT2D eigenvalue weighted by atomic mass is 16.1. The summed E-state index contributed by atoms with van der Waals surface area (Å²) in [7, 11) is 0. The lowest BCUT2D eigenvalue weighted by atomic mass is 10.0. The molecule has 0 aliphatic carbocycles. The van der Waals surface area contributed by atoms with E-state index >= 15 is 0 Å². The van der Waals surface area contributed by atoms with E-state index in [1.165, 1.54) is 23.9 Å². The molecule has 3 aromatic rings. The van der Waals surface area contributed by atoms with Gasteiger partial charge in [0.25, 0.3) is 0 Å². The van der Waals surface area contributed by atoms with E-state index in [4.69, 9.17) is 4.98 Å². The molecule has 1 aliphatic heterocycles. The fourth-order valence-corrected chi connectivity index (χ4v) is 3.67. The number of rotatable bonds is 4. The number of hydrogen-bond donors (Lipinski definition) is 0. The molecular weight excluding hydrogens is 308 g/mol. The molecule has 0 atom stereocenters. The first kappa shape index (κ1) is 15.8. The second-order valence-electron chi connectivity index (χ2n) is 6.78. The van der Waals surface area contributed by atoms with Crippen LogP contribution in [0, 0.1) is 6.92 Å². The normalized spacial score (nSPS) is 14.2. The van der Waals surface area contributed by atoms with Crippen molar-refractivity contribution in [3.8, 4) is 11.1 Å². The summed E-state index contributed by atoms with van der Waals surface area (Å²) >= 11 is 0. The van der Waals surface area contributed by atoms with Crippen LogP contribution < -0.4 is 4.90 Å². The summed E-state index contributed by atoms with van der Waals surface area (Å²) in [5.74, 6) is 0. The quantitative estimate of drug-likeness (QED) is 0.658. The number of aryl methyl sites for hydroxylation is 1. The Bertz CT molecular complexity index is 909. The second kappa shape index (κ2) is 6.67. The van der Waals surface area contributed by atoms with E-state index < -0.39 is 0 Å². The number of fused-ring (bicyclic) bond motifs is 1. The van der Waals surface area contributed by atoms with Gasteiger partial charge in [0.1, 0.15) is 6.29 Å². The van der Waals surface area contributed by atoms with E-state index in [1.54, 1.807) is 0 Å². The molecule has 0 unspecified atom stereocenters. The first-order chi connectivity index (χ1) is 12.2. The van der Waals surface area contributed by atoms with Crippen molar-refractivity contribution in [3.05, 3.63) is 59.8 Å². The van der Waals surface area contributed by atoms with E-state index in [1.807, 2.05) is 12.1 Å². The minimum absolute atomic E-state index is 0.470. The maximum atomic E-state index is 10.6. The highest BCUT2D eigenvalue weighted by molar-refractivity contribution is 5.94. The smallest absolute Gasteiger partial charge is 0.124 e. The Morgan fingerprint density at radius 1 is 1.00 bits per heavy atom. The van der Waals surface area contributed by atoms with Gasteiger partial charge in [0.2, 0.25) is 0 Å². The molecule has 1 saturated heterocycles. The van der Waals surface area contributed by atoms with Gasteiger partial charge in [-0.3, -0.25) is 4.98 Å². The molecule has 25 heavy (non-hydrogen) atoms. The highest BCUT2D eigenvalue weighted by Gasteiger charge is 2.16. The predicted octanol–water partition coefficient (Wildman–Crippen LogP) is 4.55. The van der Waals surface area contributed by atoms with Gasteiger partial charge >= 0.3 is 0 Å². The fourth-order valence-electron chi connectivity index (χ4n) is 3.67. The number of benzene rings is 2. The van der Waals surface area contributed by atoms with Crippen LogP contribution in [0.2, 0.25) is 0 Å². The van der Waals surface area contributed by atoms with Gasteiger partial charge in [0.05, 0.1) is 5.52 Å². The topological polar surface area (TPSA) is 33.2 Å². The first-order valence-electron chi connectivity index (χ1n) is 8.94. The third-order valence-electron chi connectivity index (χ3n) is 4.97. The van der Waals surface area contributed by atoms with Crippen LogP contribution in [0.15, 0.2) is 48.5 Å². The second-order valence-corrected chi connectivity index (χ2v) is 6.78. The first-order valence-corrected chi connectivity index (χ1v) is 8.94. The lowest BCUT2D eigenvalue weighted by Gasteiger charge is -2.20. The zero-order chi connectivity index (χ0) is 17.2. The lowest BCUT2D eigenvalue weighted by Crippen LogP contribution is -2.18. The number of aldehydes is 1. The average molecular weight is 330 g/mol. The number of anilines is 1. The molecule has 126 valence electrons. The summed E-state index contributed by atoms with van der Waals surface area (Å²) in [5, 5.41) is 1.23. The molecule has 0 spiro atoms. The molecular formula is C22H22N2O. The van der Waals surface area contributed by atoms with Crippen molar-refractivity contribution in [2.24, 2.45) is 0 Å². The van der Waals surface area contributed by atoms with Crippen LogP contribution in [-0.4, -0.2) is 24.4 Å². The lowest BCUT2D eigenvalue weighted by molar-refractivity contribution is -0.107. The molecule has 0 saturated carbocycles. The molecule has 0 amide bonds. The van der Waals surface area contributed by atoms with Gasteiger partial charge in [-0.2, -0.15) is 0 Å². The average Bonchev–Trinajstić information content (AvgIpc) is 3.16. The van der Waals surface area contributed by atoms with Crippen LogP contribution in [0.1, 0.15) is 24.1 Å². The molecule has 3 heteroatoms. The molecule has 1 aromatic heterocycles. The summed E-state index contributed by atoms with van der Waals surface area (Å²) in [6.45, 7) is 4.34. The number of pyridine rings is 1. The van der Waals surface area contributed by atoms with Crippen molar-refractivity contribution in [3.63, 3.8) is 0 Å². The third-order valence-corrected chi connectivity index (χ3v) is 4.97. The van der Waals surface area contributed by atoms with Gasteiger partial charge < -0.3 is 9.69 Å². The molecule has 0 radical (unpaired) electrons. The van der Waals surface area contributed by atoms with Crippen molar-refractivity contribution in [1.82, 2.24) is 4.98 Å². The van der Waals surface area contributed by atoms with Crippen molar-refractivity contribution in [2.45, 2.75) is 26.2 Å². The minimum atomic E-state index is 0.470. The Kier molecular flexibility index (Phi) is 4.22. The minimum Gasteiger partial charge on any atom is -0.371 e. The third kappa shape index (κ3) is 3.14. The maximum Gasteiger partial charge on any atom is 0.124 e. The number of aromatic nitrogens is 1. The van der Waals surface area contributed by atoms with Crippen LogP contribution in [0.25, 0.3) is 22.0 Å². The molecule has 4 rings (SSSR count). The van der Waals surface area contributed by atoms with Gasteiger partial charge in [-0.05, 0) is 48.6 Å². The van der Waals surface area contributed by atoms with Gasteiger partial charge in [-0.1, -0.05) is 36.4 Å². The van der Waals surface area contributed by atoms with Crippen LogP contribution in [0.5, 0.6) is 0 Å². The molecule has 2 aromatic carbocycles. The van der Waals surface area contributed by atoms with Crippen molar-refractivity contribution in [1.29, 1.82) is 0 Å². The zero-order valence-electron chi connectivity index (χ0n) is 14.5. The van der Waals surface area contributed by atoms with Crippen LogP contribution >= 0.6 is 0 Å². The Morgan fingerprint density at radius 3 is 2.44 bits per heavy atom. The van der Waals surface area contributed by atoms with E-state index in [0.29, 0.717) is 6.42 Å². The fraction of sp³-hybridized carbons (Fsp3) is 0.273. The summed E-state index contributed by atoms with van der Waals surface area (Å²) in [6.07, 6.45) is 3.96. The number of nitrogens with zero attached hydrogens (tertiary/aromatic N) is 2. The summed E-state index contributed by atoms with van der Waals surface area (Å²) in [4.78, 5) is 17.9. The summed E-state index contributed by atoms with van der Waals surface area (Å²) in [5.41, 5.74) is 6.79. The van der Waals surface area contributed by atoms with Gasteiger partial charge in [-0.25, -0.2) is 0 Å². The SMILES string of the molecule is Cc1cc(N2CCCC2)c2ccc(-c3ccc(CC=O)cc3)cc2n1. The molecule has 1 aliphatic rings. The van der Waals surface area contributed by atoms with E-state index in [9.17, 15) is 4.79 Å². The van der Waals surface area contributed by atoms with Crippen molar-refractivity contribution >= 4 is 22.9 Å². The number of carbonyl (C=O) groups is 1. The number of hydrogen-bond acceptors (Lipinski definition) is 3. The zero-order valence-corrected chi connectivity index (χ0v) is 14.5. The van der Waals surface area contributed by atoms with Crippen molar-refractivity contribution < 1.29 is 4.79 Å². The maximum absolute atomic E-state index is 10.6. The highest BCUT2D eigenvalue weighted by Crippen LogP contribution is 2.32. The van der Waals surface area contributed by atoms with Gasteiger partial charge in [0.15, 0.2) is 0 Å². The summed E-state index contributed by atoms with van der Waals surface area (Å²) < 4.78 is 0. The standard InChI is InChI=1S/C22H22N2O/c1-16-14-22(24-11-2-3-12-24)20-9-8-19(15-21(20)23-16)18-6-4-17(5-7-18)10-13-25/h4-9,13-15H,2-3,10-12H2,1H3. The Labute approximate surface area is 148 Å². The Hall–Kier alpha value is -2.68. The molecule has 0 bridgehead atoms. The van der Waals surface area contributed by atoms with Crippen molar-refractivity contribution in [2.75, 3.05) is 18.0 Å². The van der Waals surface area contributed by atoms with E-state index in [2.05, 4.69) is 48.2 Å². The van der Waals surface area contributed by atoms with E-state index in [0.717, 1.165) is 47.3 Å².